The highest BCUT2D eigenvalue weighted by molar-refractivity contribution is 6.10. The van der Waals surface area contributed by atoms with Gasteiger partial charge in [-0.05, 0) is 55.0 Å². The highest BCUT2D eigenvalue weighted by Crippen LogP contribution is 2.43. The molecular formula is C25H25N3. The van der Waals surface area contributed by atoms with Crippen LogP contribution in [0.15, 0.2) is 59.7 Å². The number of hydrogen-bond donors (Lipinski definition) is 1. The molecule has 0 bridgehead atoms. The molecular weight excluding hydrogens is 342 g/mol. The van der Waals surface area contributed by atoms with E-state index >= 15 is 0 Å². The van der Waals surface area contributed by atoms with E-state index in [0.29, 0.717) is 0 Å². The summed E-state index contributed by atoms with van der Waals surface area (Å²) in [5.41, 5.74) is 9.01. The van der Waals surface area contributed by atoms with Gasteiger partial charge in [-0.3, -0.25) is 5.01 Å². The van der Waals surface area contributed by atoms with Gasteiger partial charge in [-0.2, -0.15) is 5.10 Å². The number of aromatic amines is 1. The molecule has 4 aromatic rings. The Labute approximate surface area is 165 Å². The first-order chi connectivity index (χ1) is 13.7. The Hall–Kier alpha value is -3.07. The number of anilines is 1. The maximum Gasteiger partial charge on any atom is 0.0785 e. The summed E-state index contributed by atoms with van der Waals surface area (Å²) in [5, 5.41) is 9.22. The smallest absolute Gasteiger partial charge is 0.0785 e. The van der Waals surface area contributed by atoms with E-state index in [0.717, 1.165) is 19.3 Å². The molecule has 1 aliphatic heterocycles. The highest BCUT2D eigenvalue weighted by atomic mass is 15.5. The van der Waals surface area contributed by atoms with Gasteiger partial charge < -0.3 is 4.98 Å². The third-order valence-corrected chi connectivity index (χ3v) is 6.14. The summed E-state index contributed by atoms with van der Waals surface area (Å²) in [6, 6.07) is 20.0. The molecule has 1 atom stereocenters. The molecule has 3 heteroatoms. The molecule has 0 amide bonds. The number of nitrogens with one attached hydrogen (secondary N) is 1. The van der Waals surface area contributed by atoms with Crippen molar-refractivity contribution in [3.8, 4) is 0 Å². The molecule has 0 aliphatic carbocycles. The molecule has 0 spiro atoms. The Kier molecular flexibility index (Phi) is 3.97. The fraction of sp³-hybridized carbons (Fsp3) is 0.240. The monoisotopic (exact) mass is 367 g/mol. The molecule has 0 saturated heterocycles. The summed E-state index contributed by atoms with van der Waals surface area (Å²) < 4.78 is 0. The molecule has 0 saturated carbocycles. The van der Waals surface area contributed by atoms with Crippen molar-refractivity contribution < 1.29 is 0 Å². The summed E-state index contributed by atoms with van der Waals surface area (Å²) in [4.78, 5) is 3.67. The maximum atomic E-state index is 4.46. The van der Waals surface area contributed by atoms with Crippen LogP contribution in [0.4, 0.5) is 5.69 Å². The Balaban J connectivity index is 1.75. The zero-order chi connectivity index (χ0) is 19.3. The minimum absolute atomic E-state index is 0.195. The number of aryl methyl sites for hydroxylation is 3. The number of benzene rings is 3. The maximum absolute atomic E-state index is 4.46. The van der Waals surface area contributed by atoms with E-state index in [4.69, 9.17) is 0 Å². The zero-order valence-electron chi connectivity index (χ0n) is 16.5. The van der Waals surface area contributed by atoms with Gasteiger partial charge in [-0.25, -0.2) is 0 Å². The van der Waals surface area contributed by atoms with Crippen molar-refractivity contribution in [3.63, 3.8) is 0 Å². The average Bonchev–Trinajstić information content (AvgIpc) is 3.12. The second-order valence-corrected chi connectivity index (χ2v) is 7.76. The summed E-state index contributed by atoms with van der Waals surface area (Å²) in [6.07, 6.45) is 3.11. The number of para-hydroxylation sites is 1. The van der Waals surface area contributed by atoms with Crippen LogP contribution in [0.3, 0.4) is 0 Å². The van der Waals surface area contributed by atoms with E-state index in [1.165, 1.54) is 49.7 Å². The zero-order valence-corrected chi connectivity index (χ0v) is 16.5. The van der Waals surface area contributed by atoms with E-state index in [2.05, 4.69) is 90.3 Å². The van der Waals surface area contributed by atoms with Crippen LogP contribution in [0.2, 0.25) is 0 Å². The first-order valence-corrected chi connectivity index (χ1v) is 10.1. The average molecular weight is 367 g/mol. The Morgan fingerprint density at radius 3 is 2.82 bits per heavy atom. The van der Waals surface area contributed by atoms with Gasteiger partial charge >= 0.3 is 0 Å². The number of aromatic nitrogens is 1. The van der Waals surface area contributed by atoms with Gasteiger partial charge in [0.15, 0.2) is 0 Å². The standard InChI is InChI=1S/C25H25N3/c1-4-17-10-12-20(24-19-7-5-6-8-21(19)27-25(17)24)23-14-11-18-15-16(2)9-13-22(18)28(23)26-3/h5-10,12-13,15,23,27H,3-4,11,14H2,1-2H3. The predicted octanol–water partition coefficient (Wildman–Crippen LogP) is 6.30. The molecule has 5 rings (SSSR count). The second-order valence-electron chi connectivity index (χ2n) is 7.76. The van der Waals surface area contributed by atoms with E-state index < -0.39 is 0 Å². The lowest BCUT2D eigenvalue weighted by molar-refractivity contribution is 0.567. The third-order valence-electron chi connectivity index (χ3n) is 6.14. The Morgan fingerprint density at radius 1 is 1.14 bits per heavy atom. The number of fused-ring (bicyclic) bond motifs is 4. The number of rotatable bonds is 3. The van der Waals surface area contributed by atoms with Gasteiger partial charge in [0.1, 0.15) is 0 Å². The van der Waals surface area contributed by atoms with Crippen LogP contribution in [0.25, 0.3) is 21.8 Å². The minimum Gasteiger partial charge on any atom is -0.354 e. The number of nitrogens with zero attached hydrogens (tertiary/aromatic N) is 2. The molecule has 0 fully saturated rings. The van der Waals surface area contributed by atoms with E-state index in [-0.39, 0.29) is 6.04 Å². The van der Waals surface area contributed by atoms with Crippen molar-refractivity contribution in [2.45, 2.75) is 39.2 Å². The molecule has 1 unspecified atom stereocenters. The van der Waals surface area contributed by atoms with Crippen LogP contribution in [0.5, 0.6) is 0 Å². The van der Waals surface area contributed by atoms with Crippen molar-refractivity contribution in [2.75, 3.05) is 5.01 Å². The Bertz CT molecular complexity index is 1200. The minimum atomic E-state index is 0.195. The quantitative estimate of drug-likeness (QED) is 0.423. The SMILES string of the molecule is C=NN1c2ccc(C)cc2CCC1c1ccc(CC)c2[nH]c3ccccc3c12. The lowest BCUT2D eigenvalue weighted by atomic mass is 9.88. The fourth-order valence-electron chi connectivity index (χ4n) is 4.79. The van der Waals surface area contributed by atoms with E-state index in [9.17, 15) is 0 Å². The molecule has 3 nitrogen and oxygen atoms in total. The lowest BCUT2D eigenvalue weighted by Gasteiger charge is -2.36. The number of hydrogen-bond acceptors (Lipinski definition) is 2. The van der Waals surface area contributed by atoms with E-state index in [1.54, 1.807) is 0 Å². The molecule has 3 aromatic carbocycles. The van der Waals surface area contributed by atoms with Crippen LogP contribution in [-0.2, 0) is 12.8 Å². The van der Waals surface area contributed by atoms with Crippen LogP contribution >= 0.6 is 0 Å². The summed E-state index contributed by atoms with van der Waals surface area (Å²) >= 11 is 0. The third kappa shape index (κ3) is 2.46. The van der Waals surface area contributed by atoms with Crippen molar-refractivity contribution in [1.29, 1.82) is 0 Å². The van der Waals surface area contributed by atoms with Crippen molar-refractivity contribution in [1.82, 2.24) is 4.98 Å². The second kappa shape index (κ2) is 6.52. The van der Waals surface area contributed by atoms with Crippen LogP contribution < -0.4 is 5.01 Å². The largest absolute Gasteiger partial charge is 0.354 e. The first kappa shape index (κ1) is 17.1. The summed E-state index contributed by atoms with van der Waals surface area (Å²) in [6.45, 7) is 8.28. The van der Waals surface area contributed by atoms with Crippen molar-refractivity contribution >= 4 is 34.2 Å². The van der Waals surface area contributed by atoms with Gasteiger partial charge in [0.25, 0.3) is 0 Å². The molecule has 0 radical (unpaired) electrons. The summed E-state index contributed by atoms with van der Waals surface area (Å²) in [5.74, 6) is 0. The number of H-pyrrole nitrogens is 1. The van der Waals surface area contributed by atoms with Crippen molar-refractivity contribution in [2.24, 2.45) is 5.10 Å². The molecule has 1 N–H and O–H groups in total. The highest BCUT2D eigenvalue weighted by Gasteiger charge is 2.29. The van der Waals surface area contributed by atoms with Crippen molar-refractivity contribution in [3.05, 3.63) is 76.9 Å². The molecule has 140 valence electrons. The van der Waals surface area contributed by atoms with Gasteiger partial charge in [0.2, 0.25) is 0 Å². The Morgan fingerprint density at radius 2 is 2.00 bits per heavy atom. The predicted molar refractivity (Wildman–Crippen MR) is 119 cm³/mol. The molecule has 1 aliphatic rings. The lowest BCUT2D eigenvalue weighted by Crippen LogP contribution is -2.28. The van der Waals surface area contributed by atoms with Crippen LogP contribution in [-0.4, -0.2) is 11.7 Å². The van der Waals surface area contributed by atoms with Gasteiger partial charge in [-0.1, -0.05) is 55.0 Å². The normalized spacial score (nSPS) is 16.5. The molecule has 28 heavy (non-hydrogen) atoms. The fourth-order valence-corrected chi connectivity index (χ4v) is 4.79. The van der Waals surface area contributed by atoms with Crippen LogP contribution in [0.1, 0.15) is 41.6 Å². The van der Waals surface area contributed by atoms with Gasteiger partial charge in [-0.15, -0.1) is 0 Å². The summed E-state index contributed by atoms with van der Waals surface area (Å²) in [7, 11) is 0. The number of hydrazone groups is 1. The molecule has 1 aromatic heterocycles. The topological polar surface area (TPSA) is 31.4 Å². The molecule has 2 heterocycles. The van der Waals surface area contributed by atoms with Gasteiger partial charge in [0, 0.05) is 23.0 Å². The van der Waals surface area contributed by atoms with Crippen LogP contribution in [0, 0.1) is 6.92 Å². The van der Waals surface area contributed by atoms with Gasteiger partial charge in [0.05, 0.1) is 17.2 Å². The first-order valence-electron chi connectivity index (χ1n) is 10.1. The van der Waals surface area contributed by atoms with E-state index in [1.807, 2.05) is 0 Å².